The molecule has 7 nitrogen and oxygen atoms in total. The Hall–Kier alpha value is -2.96. The van der Waals surface area contributed by atoms with Crippen LogP contribution in [0.3, 0.4) is 0 Å². The van der Waals surface area contributed by atoms with E-state index in [1.807, 2.05) is 0 Å². The van der Waals surface area contributed by atoms with Crippen LogP contribution in [0.2, 0.25) is 0 Å². The van der Waals surface area contributed by atoms with Gasteiger partial charge in [-0.1, -0.05) is 27.7 Å². The summed E-state index contributed by atoms with van der Waals surface area (Å²) in [7, 11) is 1.45. The first-order valence-electron chi connectivity index (χ1n) is 8.66. The summed E-state index contributed by atoms with van der Waals surface area (Å²) in [5.41, 5.74) is 1.96. The number of anilines is 1. The van der Waals surface area contributed by atoms with Crippen LogP contribution in [0.5, 0.6) is 5.75 Å². The lowest BCUT2D eigenvalue weighted by molar-refractivity contribution is 0.0696. The number of aromatic nitrogens is 2. The van der Waals surface area contributed by atoms with Gasteiger partial charge < -0.3 is 15.2 Å². The number of nitrogens with zero attached hydrogens (tertiary/aromatic N) is 2. The Morgan fingerprint density at radius 1 is 1.15 bits per heavy atom. The van der Waals surface area contributed by atoms with E-state index in [9.17, 15) is 9.59 Å². The zero-order chi connectivity index (χ0) is 20.0. The summed E-state index contributed by atoms with van der Waals surface area (Å²) in [6.45, 7) is 8.43. The Balaban J connectivity index is 1.95. The van der Waals surface area contributed by atoms with Gasteiger partial charge in [-0.2, -0.15) is 0 Å². The van der Waals surface area contributed by atoms with Crippen molar-refractivity contribution in [2.24, 2.45) is 0 Å². The first-order chi connectivity index (χ1) is 12.5. The summed E-state index contributed by atoms with van der Waals surface area (Å²) in [4.78, 5) is 33.0. The minimum Gasteiger partial charge on any atom is -0.495 e. The van der Waals surface area contributed by atoms with Gasteiger partial charge in [-0.05, 0) is 24.6 Å². The molecule has 1 aromatic carbocycles. The molecule has 1 heterocycles. The molecule has 0 aliphatic heterocycles. The Morgan fingerprint density at radius 2 is 1.81 bits per heavy atom. The van der Waals surface area contributed by atoms with Crippen LogP contribution in [0.1, 0.15) is 66.4 Å². The van der Waals surface area contributed by atoms with E-state index >= 15 is 0 Å². The molecular formula is C20H23N3O4. The number of aromatic carboxylic acids is 1. The predicted octanol–water partition coefficient (Wildman–Crippen LogP) is 3.39. The van der Waals surface area contributed by atoms with Gasteiger partial charge in [0.05, 0.1) is 35.9 Å². The Bertz CT molecular complexity index is 935. The number of ether oxygens (including phenoxy) is 1. The molecule has 142 valence electrons. The number of carbonyl (C=O) groups excluding carboxylic acids is 1. The van der Waals surface area contributed by atoms with E-state index in [0.717, 1.165) is 17.8 Å². The summed E-state index contributed by atoms with van der Waals surface area (Å²) in [6.07, 6.45) is 2.36. The number of carboxylic acid groups (broad SMARTS) is 1. The molecule has 0 saturated carbocycles. The molecule has 1 aromatic heterocycles. The number of benzene rings is 1. The molecule has 0 fully saturated rings. The minimum atomic E-state index is -1.09. The molecule has 7 heteroatoms. The van der Waals surface area contributed by atoms with Crippen LogP contribution in [-0.2, 0) is 10.8 Å². The monoisotopic (exact) mass is 369 g/mol. The molecule has 0 atom stereocenters. The normalized spacial score (nSPS) is 16.5. The molecule has 0 unspecified atom stereocenters. The van der Waals surface area contributed by atoms with E-state index in [2.05, 4.69) is 43.0 Å². The van der Waals surface area contributed by atoms with Crippen molar-refractivity contribution in [1.29, 1.82) is 0 Å². The van der Waals surface area contributed by atoms with Crippen LogP contribution in [-0.4, -0.2) is 34.1 Å². The van der Waals surface area contributed by atoms with Gasteiger partial charge in [0.1, 0.15) is 11.4 Å². The summed E-state index contributed by atoms with van der Waals surface area (Å²) in [6, 6.07) is 4.27. The van der Waals surface area contributed by atoms with Gasteiger partial charge >= 0.3 is 5.97 Å². The largest absolute Gasteiger partial charge is 0.495 e. The topological polar surface area (TPSA) is 101 Å². The van der Waals surface area contributed by atoms with Crippen LogP contribution >= 0.6 is 0 Å². The second-order valence-corrected chi connectivity index (χ2v) is 8.07. The number of carbonyl (C=O) groups is 2. The Morgan fingerprint density at radius 3 is 2.44 bits per heavy atom. The third-order valence-electron chi connectivity index (χ3n) is 4.87. The lowest BCUT2D eigenvalue weighted by Crippen LogP contribution is -2.20. The quantitative estimate of drug-likeness (QED) is 0.856. The molecular weight excluding hydrogens is 346 g/mol. The molecule has 2 N–H and O–H groups in total. The molecule has 1 aliphatic carbocycles. The number of amides is 1. The Labute approximate surface area is 157 Å². The van der Waals surface area contributed by atoms with E-state index in [1.165, 1.54) is 31.5 Å². The van der Waals surface area contributed by atoms with Crippen LogP contribution in [0.25, 0.3) is 0 Å². The van der Waals surface area contributed by atoms with Crippen molar-refractivity contribution in [2.75, 3.05) is 12.4 Å². The number of rotatable bonds is 4. The van der Waals surface area contributed by atoms with Crippen LogP contribution < -0.4 is 10.1 Å². The van der Waals surface area contributed by atoms with Gasteiger partial charge in [0.25, 0.3) is 5.91 Å². The highest BCUT2D eigenvalue weighted by Crippen LogP contribution is 2.47. The minimum absolute atomic E-state index is 0.0500. The van der Waals surface area contributed by atoms with E-state index < -0.39 is 11.9 Å². The van der Waals surface area contributed by atoms with Crippen molar-refractivity contribution < 1.29 is 19.4 Å². The average molecular weight is 369 g/mol. The molecule has 2 aromatic rings. The van der Waals surface area contributed by atoms with Crippen molar-refractivity contribution >= 4 is 17.6 Å². The molecule has 1 aliphatic rings. The number of carboxylic acids is 1. The highest BCUT2D eigenvalue weighted by molar-refractivity contribution is 6.04. The third-order valence-corrected chi connectivity index (χ3v) is 4.87. The zero-order valence-electron chi connectivity index (χ0n) is 16.1. The first kappa shape index (κ1) is 18.8. The highest BCUT2D eigenvalue weighted by Gasteiger charge is 2.44. The maximum absolute atomic E-state index is 12.7. The summed E-state index contributed by atoms with van der Waals surface area (Å²) in [5, 5.41) is 11.8. The van der Waals surface area contributed by atoms with Gasteiger partial charge in [-0.25, -0.2) is 9.78 Å². The number of hydrogen-bond acceptors (Lipinski definition) is 5. The SMILES string of the molecule is COc1ccc(C(=O)O)cc1NC(=O)c1cnc2c(n1)C(C)(C)CC2(C)C. The van der Waals surface area contributed by atoms with E-state index in [1.54, 1.807) is 0 Å². The predicted molar refractivity (Wildman–Crippen MR) is 101 cm³/mol. The van der Waals surface area contributed by atoms with Gasteiger partial charge in [0.2, 0.25) is 0 Å². The van der Waals surface area contributed by atoms with Crippen LogP contribution in [0.4, 0.5) is 5.69 Å². The molecule has 3 rings (SSSR count). The fraction of sp³-hybridized carbons (Fsp3) is 0.400. The number of hydrogen-bond donors (Lipinski definition) is 2. The van der Waals surface area contributed by atoms with Crippen molar-refractivity contribution in [3.8, 4) is 5.75 Å². The fourth-order valence-corrected chi connectivity index (χ4v) is 3.86. The van der Waals surface area contributed by atoms with E-state index in [-0.39, 0.29) is 27.8 Å². The van der Waals surface area contributed by atoms with Gasteiger partial charge in [-0.3, -0.25) is 9.78 Å². The summed E-state index contributed by atoms with van der Waals surface area (Å²) < 4.78 is 5.21. The standard InChI is InChI=1S/C20H23N3O4/c1-19(2)10-20(3,4)16-15(19)21-9-13(22-16)17(24)23-12-8-11(18(25)26)6-7-14(12)27-5/h6-9H,10H2,1-5H3,(H,23,24)(H,25,26). The maximum Gasteiger partial charge on any atom is 0.335 e. The van der Waals surface area contributed by atoms with Crippen molar-refractivity contribution in [2.45, 2.75) is 44.9 Å². The summed E-state index contributed by atoms with van der Waals surface area (Å²) in [5.74, 6) is -1.19. The molecule has 0 bridgehead atoms. The maximum atomic E-state index is 12.7. The first-order valence-corrected chi connectivity index (χ1v) is 8.66. The number of fused-ring (bicyclic) bond motifs is 1. The molecule has 27 heavy (non-hydrogen) atoms. The van der Waals surface area contributed by atoms with Gasteiger partial charge in [0.15, 0.2) is 0 Å². The van der Waals surface area contributed by atoms with Gasteiger partial charge in [-0.15, -0.1) is 0 Å². The zero-order valence-corrected chi connectivity index (χ0v) is 16.1. The second-order valence-electron chi connectivity index (χ2n) is 8.07. The lowest BCUT2D eigenvalue weighted by atomic mass is 9.83. The molecule has 1 amide bonds. The lowest BCUT2D eigenvalue weighted by Gasteiger charge is -2.21. The van der Waals surface area contributed by atoms with Gasteiger partial charge in [0, 0.05) is 10.8 Å². The number of nitrogens with one attached hydrogen (secondary N) is 1. The van der Waals surface area contributed by atoms with E-state index in [0.29, 0.717) is 5.75 Å². The van der Waals surface area contributed by atoms with Crippen molar-refractivity contribution in [1.82, 2.24) is 9.97 Å². The van der Waals surface area contributed by atoms with Crippen molar-refractivity contribution in [3.63, 3.8) is 0 Å². The average Bonchev–Trinajstić information content (AvgIpc) is 2.78. The fourth-order valence-electron chi connectivity index (χ4n) is 3.86. The molecule has 0 saturated heterocycles. The highest BCUT2D eigenvalue weighted by atomic mass is 16.5. The van der Waals surface area contributed by atoms with Crippen molar-refractivity contribution in [3.05, 3.63) is 47.0 Å². The van der Waals surface area contributed by atoms with Crippen LogP contribution in [0.15, 0.2) is 24.4 Å². The smallest absolute Gasteiger partial charge is 0.335 e. The third kappa shape index (κ3) is 3.37. The Kier molecular flexibility index (Phi) is 4.41. The second kappa shape index (κ2) is 6.33. The number of methoxy groups -OCH3 is 1. The summed E-state index contributed by atoms with van der Waals surface area (Å²) >= 11 is 0. The van der Waals surface area contributed by atoms with E-state index in [4.69, 9.17) is 9.84 Å². The molecule has 0 spiro atoms. The van der Waals surface area contributed by atoms with Crippen LogP contribution in [0, 0.1) is 0 Å². The molecule has 0 radical (unpaired) electrons.